The molecule has 2 rings (SSSR count). The fraction of sp³-hybridized carbons (Fsp3) is 0.200. The molecule has 84 valence electrons. The molecule has 16 heavy (non-hydrogen) atoms. The number of methoxy groups -OCH3 is 1. The van der Waals surface area contributed by atoms with E-state index in [1.54, 1.807) is 12.4 Å². The van der Waals surface area contributed by atoms with Gasteiger partial charge in [-0.25, -0.2) is 4.98 Å². The van der Waals surface area contributed by atoms with Crippen LogP contribution in [-0.2, 0) is 16.0 Å². The Morgan fingerprint density at radius 3 is 3.12 bits per heavy atom. The summed E-state index contributed by atoms with van der Waals surface area (Å²) in [5.41, 5.74) is 1.55. The highest BCUT2D eigenvalue weighted by Crippen LogP contribution is 2.30. The number of ether oxygens (including phenoxy) is 1. The van der Waals surface area contributed by atoms with Crippen molar-refractivity contribution >= 4 is 44.4 Å². The summed E-state index contributed by atoms with van der Waals surface area (Å²) in [4.78, 5) is 18.2. The maximum atomic E-state index is 11.2. The smallest absolute Gasteiger partial charge is 0.310 e. The SMILES string of the molecule is COC(=O)Cc1c[nH]c2c(Cl)ncc(Br)c12. The number of hydrogen-bond acceptors (Lipinski definition) is 3. The number of halogens is 2. The molecular formula is C10H8BrClN2O2. The van der Waals surface area contributed by atoms with Crippen LogP contribution in [0.2, 0.25) is 5.15 Å². The van der Waals surface area contributed by atoms with Crippen molar-refractivity contribution in [2.24, 2.45) is 0 Å². The second-order valence-electron chi connectivity index (χ2n) is 3.21. The molecule has 0 aliphatic heterocycles. The van der Waals surface area contributed by atoms with Crippen LogP contribution >= 0.6 is 27.5 Å². The lowest BCUT2D eigenvalue weighted by Gasteiger charge is -2.00. The van der Waals surface area contributed by atoms with E-state index in [0.717, 1.165) is 20.9 Å². The van der Waals surface area contributed by atoms with Gasteiger partial charge in [-0.3, -0.25) is 4.79 Å². The largest absolute Gasteiger partial charge is 0.469 e. The Labute approximate surface area is 105 Å². The summed E-state index contributed by atoms with van der Waals surface area (Å²) in [5, 5.41) is 1.25. The van der Waals surface area contributed by atoms with Crippen molar-refractivity contribution in [3.8, 4) is 0 Å². The fourth-order valence-electron chi connectivity index (χ4n) is 1.51. The molecule has 0 fully saturated rings. The van der Waals surface area contributed by atoms with Gasteiger partial charge in [-0.2, -0.15) is 0 Å². The molecule has 0 saturated carbocycles. The maximum Gasteiger partial charge on any atom is 0.310 e. The Morgan fingerprint density at radius 1 is 1.69 bits per heavy atom. The van der Waals surface area contributed by atoms with Crippen LogP contribution in [0, 0.1) is 0 Å². The van der Waals surface area contributed by atoms with Crippen molar-refractivity contribution in [2.75, 3.05) is 7.11 Å². The Balaban J connectivity index is 2.55. The average Bonchev–Trinajstić information content (AvgIpc) is 2.68. The molecule has 0 aliphatic carbocycles. The first-order valence-electron chi connectivity index (χ1n) is 4.50. The van der Waals surface area contributed by atoms with Crippen molar-refractivity contribution in [1.82, 2.24) is 9.97 Å². The van der Waals surface area contributed by atoms with Crippen molar-refractivity contribution < 1.29 is 9.53 Å². The van der Waals surface area contributed by atoms with E-state index in [4.69, 9.17) is 11.6 Å². The molecule has 4 nitrogen and oxygen atoms in total. The molecule has 2 aromatic rings. The van der Waals surface area contributed by atoms with Gasteiger partial charge in [0.25, 0.3) is 0 Å². The molecule has 2 aromatic heterocycles. The van der Waals surface area contributed by atoms with E-state index >= 15 is 0 Å². The number of aromatic amines is 1. The minimum atomic E-state index is -0.291. The van der Waals surface area contributed by atoms with E-state index in [2.05, 4.69) is 30.6 Å². The van der Waals surface area contributed by atoms with Gasteiger partial charge in [-0.05, 0) is 21.5 Å². The van der Waals surface area contributed by atoms with Crippen molar-refractivity contribution in [1.29, 1.82) is 0 Å². The summed E-state index contributed by atoms with van der Waals surface area (Å²) in [6.45, 7) is 0. The first-order valence-corrected chi connectivity index (χ1v) is 5.67. The summed E-state index contributed by atoms with van der Waals surface area (Å²) in [7, 11) is 1.36. The predicted octanol–water partition coefficient (Wildman–Crippen LogP) is 2.69. The zero-order chi connectivity index (χ0) is 11.7. The molecule has 2 heterocycles. The second-order valence-corrected chi connectivity index (χ2v) is 4.43. The third-order valence-electron chi connectivity index (χ3n) is 2.26. The average molecular weight is 304 g/mol. The van der Waals surface area contributed by atoms with Crippen LogP contribution in [0.3, 0.4) is 0 Å². The van der Waals surface area contributed by atoms with Crippen LogP contribution in [0.5, 0.6) is 0 Å². The number of H-pyrrole nitrogens is 1. The molecule has 1 N–H and O–H groups in total. The molecule has 0 spiro atoms. The Bertz CT molecular complexity index is 553. The lowest BCUT2D eigenvalue weighted by molar-refractivity contribution is -0.139. The van der Waals surface area contributed by atoms with Crippen LogP contribution < -0.4 is 0 Å². The summed E-state index contributed by atoms with van der Waals surface area (Å²) in [6, 6.07) is 0. The Hall–Kier alpha value is -1.07. The molecule has 0 amide bonds. The number of nitrogens with one attached hydrogen (secondary N) is 1. The van der Waals surface area contributed by atoms with E-state index in [9.17, 15) is 4.79 Å². The highest BCUT2D eigenvalue weighted by molar-refractivity contribution is 9.10. The van der Waals surface area contributed by atoms with E-state index in [0.29, 0.717) is 5.15 Å². The molecule has 0 atom stereocenters. The van der Waals surface area contributed by atoms with Gasteiger partial charge < -0.3 is 9.72 Å². The van der Waals surface area contributed by atoms with Gasteiger partial charge >= 0.3 is 5.97 Å². The van der Waals surface area contributed by atoms with Crippen molar-refractivity contribution in [2.45, 2.75) is 6.42 Å². The number of aromatic nitrogens is 2. The topological polar surface area (TPSA) is 55.0 Å². The Kier molecular flexibility index (Phi) is 3.16. The summed E-state index contributed by atoms with van der Waals surface area (Å²) >= 11 is 9.31. The van der Waals surface area contributed by atoms with Gasteiger partial charge in [0.1, 0.15) is 0 Å². The first-order chi connectivity index (χ1) is 7.63. The monoisotopic (exact) mass is 302 g/mol. The molecule has 6 heteroatoms. The fourth-order valence-corrected chi connectivity index (χ4v) is 2.26. The molecule has 0 aromatic carbocycles. The van der Waals surface area contributed by atoms with Crippen LogP contribution in [0.4, 0.5) is 0 Å². The number of pyridine rings is 1. The molecule has 0 aliphatic rings. The van der Waals surface area contributed by atoms with Gasteiger partial charge in [-0.1, -0.05) is 11.6 Å². The highest BCUT2D eigenvalue weighted by atomic mass is 79.9. The van der Waals surface area contributed by atoms with Gasteiger partial charge in [0, 0.05) is 22.3 Å². The number of carbonyl (C=O) groups is 1. The number of rotatable bonds is 2. The van der Waals surface area contributed by atoms with E-state index in [1.807, 2.05) is 0 Å². The Morgan fingerprint density at radius 2 is 2.44 bits per heavy atom. The minimum Gasteiger partial charge on any atom is -0.469 e. The zero-order valence-corrected chi connectivity index (χ0v) is 10.7. The molecule has 0 bridgehead atoms. The quantitative estimate of drug-likeness (QED) is 0.685. The van der Waals surface area contributed by atoms with Crippen LogP contribution in [0.15, 0.2) is 16.9 Å². The minimum absolute atomic E-state index is 0.204. The van der Waals surface area contributed by atoms with Crippen molar-refractivity contribution in [3.05, 3.63) is 27.6 Å². The zero-order valence-electron chi connectivity index (χ0n) is 8.38. The molecule has 0 saturated heterocycles. The normalized spacial score (nSPS) is 10.7. The number of esters is 1. The van der Waals surface area contributed by atoms with Gasteiger partial charge in [0.2, 0.25) is 0 Å². The number of nitrogens with zero attached hydrogens (tertiary/aromatic N) is 1. The highest BCUT2D eigenvalue weighted by Gasteiger charge is 2.13. The van der Waals surface area contributed by atoms with Gasteiger partial charge in [0.05, 0.1) is 19.0 Å². The van der Waals surface area contributed by atoms with Crippen LogP contribution in [0.1, 0.15) is 5.56 Å². The third-order valence-corrected chi connectivity index (χ3v) is 3.15. The number of carbonyl (C=O) groups excluding carboxylic acids is 1. The lowest BCUT2D eigenvalue weighted by Crippen LogP contribution is -2.03. The summed E-state index contributed by atoms with van der Waals surface area (Å²) in [5.74, 6) is -0.291. The summed E-state index contributed by atoms with van der Waals surface area (Å²) < 4.78 is 5.42. The van der Waals surface area contributed by atoms with E-state index in [1.165, 1.54) is 7.11 Å². The number of fused-ring (bicyclic) bond motifs is 1. The predicted molar refractivity (Wildman–Crippen MR) is 64.5 cm³/mol. The third kappa shape index (κ3) is 1.92. The molecular weight excluding hydrogens is 295 g/mol. The summed E-state index contributed by atoms with van der Waals surface area (Å²) in [6.07, 6.45) is 3.55. The first kappa shape index (κ1) is 11.4. The van der Waals surface area contributed by atoms with Crippen LogP contribution in [-0.4, -0.2) is 23.0 Å². The van der Waals surface area contributed by atoms with E-state index in [-0.39, 0.29) is 12.4 Å². The molecule has 0 unspecified atom stereocenters. The standard InChI is InChI=1S/C10H8BrClN2O2/c1-16-7(15)2-5-3-13-9-8(5)6(11)4-14-10(9)12/h3-4,13H,2H2,1H3. The van der Waals surface area contributed by atoms with Gasteiger partial charge in [0.15, 0.2) is 5.15 Å². The molecule has 0 radical (unpaired) electrons. The lowest BCUT2D eigenvalue weighted by atomic mass is 10.1. The van der Waals surface area contributed by atoms with Gasteiger partial charge in [-0.15, -0.1) is 0 Å². The van der Waals surface area contributed by atoms with Crippen LogP contribution in [0.25, 0.3) is 10.9 Å². The second kappa shape index (κ2) is 4.43. The van der Waals surface area contributed by atoms with E-state index < -0.39 is 0 Å². The maximum absolute atomic E-state index is 11.2. The van der Waals surface area contributed by atoms with Crippen molar-refractivity contribution in [3.63, 3.8) is 0 Å². The number of hydrogen-bond donors (Lipinski definition) is 1.